The molecule has 3 aromatic rings. The van der Waals surface area contributed by atoms with Gasteiger partial charge in [0.1, 0.15) is 12.4 Å². The fraction of sp³-hybridized carbons (Fsp3) is 0.250. The van der Waals surface area contributed by atoms with Crippen LogP contribution in [0.2, 0.25) is 0 Å². The van der Waals surface area contributed by atoms with Gasteiger partial charge in [-0.1, -0.05) is 36.1 Å². The third kappa shape index (κ3) is 5.76. The lowest BCUT2D eigenvalue weighted by molar-refractivity contribution is -0.139. The van der Waals surface area contributed by atoms with E-state index in [1.807, 2.05) is 61.5 Å². The van der Waals surface area contributed by atoms with Crippen molar-refractivity contribution in [3.05, 3.63) is 98.3 Å². The number of hydrogen-bond acceptors (Lipinski definition) is 7. The molecule has 1 aliphatic rings. The van der Waals surface area contributed by atoms with Gasteiger partial charge in [0.15, 0.2) is 4.80 Å². The molecule has 1 aromatic heterocycles. The minimum absolute atomic E-state index is 0.207. The number of carbonyl (C=O) groups excluding carboxylic acids is 1. The number of benzene rings is 2. The Balaban J connectivity index is 1.88. The van der Waals surface area contributed by atoms with Gasteiger partial charge in [-0.25, -0.2) is 9.79 Å². The molecule has 0 bridgehead atoms. The smallest absolute Gasteiger partial charge is 0.338 e. The Labute approximate surface area is 252 Å². The third-order valence-electron chi connectivity index (χ3n) is 5.91. The summed E-state index contributed by atoms with van der Waals surface area (Å²) >= 11 is 5.78. The number of allylic oxidation sites excluding steroid dienone is 1. The highest BCUT2D eigenvalue weighted by atomic mass is 127. The van der Waals surface area contributed by atoms with Gasteiger partial charge in [-0.2, -0.15) is 0 Å². The quantitative estimate of drug-likeness (QED) is 0.191. The molecule has 0 radical (unpaired) electrons. The number of aromatic nitrogens is 1. The van der Waals surface area contributed by atoms with E-state index in [0.717, 1.165) is 29.7 Å². The van der Waals surface area contributed by atoms with E-state index < -0.39 is 12.0 Å². The highest BCUT2D eigenvalue weighted by Gasteiger charge is 2.33. The maximum Gasteiger partial charge on any atom is 0.338 e. The predicted molar refractivity (Wildman–Crippen MR) is 169 cm³/mol. The lowest BCUT2D eigenvalue weighted by Gasteiger charge is -2.25. The highest BCUT2D eigenvalue weighted by molar-refractivity contribution is 14.1. The Morgan fingerprint density at radius 3 is 2.45 bits per heavy atom. The summed E-state index contributed by atoms with van der Waals surface area (Å²) in [5.74, 6) is 0.324. The molecule has 0 amide bonds. The van der Waals surface area contributed by atoms with Crippen molar-refractivity contribution >= 4 is 74.3 Å². The molecule has 0 saturated heterocycles. The lowest BCUT2D eigenvalue weighted by Crippen LogP contribution is -2.39. The molecule has 0 spiro atoms. The molecule has 2 aromatic carbocycles. The Bertz CT molecular complexity index is 1580. The molecule has 10 heteroatoms. The van der Waals surface area contributed by atoms with Crippen LogP contribution in [0.1, 0.15) is 31.0 Å². The first-order chi connectivity index (χ1) is 18.2. The number of rotatable bonds is 8. The van der Waals surface area contributed by atoms with Gasteiger partial charge in [-0.15, -0.1) is 0 Å². The number of thiazole rings is 1. The summed E-state index contributed by atoms with van der Waals surface area (Å²) in [7, 11) is 3.93. The third-order valence-corrected chi connectivity index (χ3v) is 8.49. The van der Waals surface area contributed by atoms with E-state index in [9.17, 15) is 9.59 Å². The molecule has 0 unspecified atom stereocenters. The lowest BCUT2D eigenvalue weighted by atomic mass is 9.95. The SMILES string of the molecule is C=CCOc1c(I)cc(/C=c2\sc3n(c2=O)[C@@H](c2ccc(N(C)C)cc2)C(C(=O)OCC)=C(C)N=3)cc1I. The second-order valence-electron chi connectivity index (χ2n) is 8.70. The molecule has 7 nitrogen and oxygen atoms in total. The average molecular weight is 755 g/mol. The fourth-order valence-corrected chi connectivity index (χ4v) is 7.33. The van der Waals surface area contributed by atoms with E-state index >= 15 is 0 Å². The maximum atomic E-state index is 13.8. The van der Waals surface area contributed by atoms with Crippen LogP contribution in [0.25, 0.3) is 6.08 Å². The number of carbonyl (C=O) groups is 1. The zero-order valence-electron chi connectivity index (χ0n) is 21.5. The minimum atomic E-state index is -0.640. The van der Waals surface area contributed by atoms with Crippen LogP contribution in [0.15, 0.2) is 70.1 Å². The molecule has 38 heavy (non-hydrogen) atoms. The second-order valence-corrected chi connectivity index (χ2v) is 12.0. The molecule has 0 fully saturated rings. The van der Waals surface area contributed by atoms with E-state index in [4.69, 9.17) is 9.47 Å². The van der Waals surface area contributed by atoms with Crippen LogP contribution in [0.4, 0.5) is 5.69 Å². The first-order valence-electron chi connectivity index (χ1n) is 11.9. The first kappa shape index (κ1) is 28.6. The Hall–Kier alpha value is -2.45. The number of hydrogen-bond donors (Lipinski definition) is 0. The van der Waals surface area contributed by atoms with Crippen molar-refractivity contribution in [1.29, 1.82) is 0 Å². The van der Waals surface area contributed by atoms with E-state index in [2.05, 4.69) is 56.8 Å². The van der Waals surface area contributed by atoms with Gasteiger partial charge >= 0.3 is 5.97 Å². The molecule has 4 rings (SSSR count). The van der Waals surface area contributed by atoms with E-state index in [1.54, 1.807) is 24.5 Å². The summed E-state index contributed by atoms with van der Waals surface area (Å²) in [5, 5.41) is 0. The standard InChI is InChI=1S/C28H27I2N3O4S/c1-6-12-37-25-20(29)13-17(14-21(25)30)15-22-26(34)33-24(18-8-10-19(11-9-18)32(4)5)23(27(35)36-7-2)16(3)31-28(33)38-22/h6,8-11,13-15,24H,1,7,12H2,2-5H3/b22-15-/t24-/m0/s1. The number of fused-ring (bicyclic) bond motifs is 1. The maximum absolute atomic E-state index is 13.8. The number of esters is 1. The molecule has 0 saturated carbocycles. The van der Waals surface area contributed by atoms with Crippen molar-refractivity contribution in [2.24, 2.45) is 4.99 Å². The molecule has 0 N–H and O–H groups in total. The van der Waals surface area contributed by atoms with Gasteiger partial charge in [-0.05, 0) is 100 Å². The summed E-state index contributed by atoms with van der Waals surface area (Å²) in [5.41, 5.74) is 3.42. The molecule has 198 valence electrons. The summed E-state index contributed by atoms with van der Waals surface area (Å²) < 4.78 is 15.2. The van der Waals surface area contributed by atoms with Crippen LogP contribution in [0, 0.1) is 7.14 Å². The van der Waals surface area contributed by atoms with Crippen LogP contribution >= 0.6 is 56.5 Å². The molecular weight excluding hydrogens is 728 g/mol. The van der Waals surface area contributed by atoms with Crippen molar-refractivity contribution in [3.63, 3.8) is 0 Å². The minimum Gasteiger partial charge on any atom is -0.487 e. The van der Waals surface area contributed by atoms with Gasteiger partial charge in [-0.3, -0.25) is 9.36 Å². The number of nitrogens with zero attached hydrogens (tertiary/aromatic N) is 3. The summed E-state index contributed by atoms with van der Waals surface area (Å²) in [6.07, 6.45) is 3.57. The zero-order chi connectivity index (χ0) is 27.6. The normalized spacial score (nSPS) is 15.1. The fourth-order valence-electron chi connectivity index (χ4n) is 4.16. The van der Waals surface area contributed by atoms with Crippen LogP contribution in [-0.2, 0) is 9.53 Å². The van der Waals surface area contributed by atoms with E-state index in [1.165, 1.54) is 11.3 Å². The van der Waals surface area contributed by atoms with Gasteiger partial charge in [0, 0.05) is 19.8 Å². The van der Waals surface area contributed by atoms with Crippen molar-refractivity contribution < 1.29 is 14.3 Å². The van der Waals surface area contributed by atoms with Gasteiger partial charge < -0.3 is 14.4 Å². The predicted octanol–water partition coefficient (Wildman–Crippen LogP) is 4.64. The summed E-state index contributed by atoms with van der Waals surface area (Å²) in [6.45, 7) is 7.91. The van der Waals surface area contributed by atoms with Gasteiger partial charge in [0.05, 0.1) is 35.6 Å². The van der Waals surface area contributed by atoms with Gasteiger partial charge in [0.2, 0.25) is 0 Å². The second kappa shape index (κ2) is 12.2. The molecule has 1 atom stereocenters. The van der Waals surface area contributed by atoms with Crippen molar-refractivity contribution in [1.82, 2.24) is 4.57 Å². The van der Waals surface area contributed by atoms with Gasteiger partial charge in [0.25, 0.3) is 5.56 Å². The topological polar surface area (TPSA) is 73.1 Å². The van der Waals surface area contributed by atoms with Crippen LogP contribution in [0.3, 0.4) is 0 Å². The monoisotopic (exact) mass is 755 g/mol. The largest absolute Gasteiger partial charge is 0.487 e. The average Bonchev–Trinajstić information content (AvgIpc) is 3.17. The molecule has 0 aliphatic carbocycles. The highest BCUT2D eigenvalue weighted by Crippen LogP contribution is 2.32. The Morgan fingerprint density at radius 1 is 1.21 bits per heavy atom. The van der Waals surface area contributed by atoms with Crippen molar-refractivity contribution in [2.45, 2.75) is 19.9 Å². The number of halogens is 2. The van der Waals surface area contributed by atoms with Crippen LogP contribution < -0.4 is 24.5 Å². The molecule has 2 heterocycles. The first-order valence-corrected chi connectivity index (χ1v) is 14.8. The van der Waals surface area contributed by atoms with E-state index in [-0.39, 0.29) is 12.2 Å². The van der Waals surface area contributed by atoms with E-state index in [0.29, 0.717) is 27.2 Å². The molecule has 1 aliphatic heterocycles. The van der Waals surface area contributed by atoms with Crippen LogP contribution in [0.5, 0.6) is 5.75 Å². The Morgan fingerprint density at radius 2 is 1.87 bits per heavy atom. The number of ether oxygens (including phenoxy) is 2. The summed E-state index contributed by atoms with van der Waals surface area (Å²) in [4.78, 5) is 34.1. The molecular formula is C28H27I2N3O4S. The summed E-state index contributed by atoms with van der Waals surface area (Å²) in [6, 6.07) is 11.2. The van der Waals surface area contributed by atoms with Crippen molar-refractivity contribution in [3.8, 4) is 5.75 Å². The van der Waals surface area contributed by atoms with Crippen molar-refractivity contribution in [2.75, 3.05) is 32.2 Å². The Kier molecular flexibility index (Phi) is 9.14. The zero-order valence-corrected chi connectivity index (χ0v) is 26.6. The van der Waals surface area contributed by atoms with Crippen LogP contribution in [-0.4, -0.2) is 37.8 Å². The number of anilines is 1.